The molecule has 1 N–H and O–H groups in total. The van der Waals surface area contributed by atoms with Gasteiger partial charge in [0.2, 0.25) is 0 Å². The number of hydrogen-bond acceptors (Lipinski definition) is 4. The van der Waals surface area contributed by atoms with Crippen LogP contribution in [0.1, 0.15) is 10.4 Å². The molecule has 0 atom stereocenters. The Balaban J connectivity index is 1.92. The van der Waals surface area contributed by atoms with Gasteiger partial charge in [0.25, 0.3) is 5.91 Å². The summed E-state index contributed by atoms with van der Waals surface area (Å²) in [7, 11) is 1.58. The van der Waals surface area contributed by atoms with E-state index in [2.05, 4.69) is 26.2 Å². The minimum atomic E-state index is -0.221. The van der Waals surface area contributed by atoms with Crippen LogP contribution in [-0.2, 0) is 0 Å². The minimum Gasteiger partial charge on any atom is -0.493 e. The number of nitrogens with zero attached hydrogens (tertiary/aromatic N) is 1. The molecule has 0 bridgehead atoms. The van der Waals surface area contributed by atoms with E-state index in [0.29, 0.717) is 28.2 Å². The van der Waals surface area contributed by atoms with Crippen LogP contribution in [0.5, 0.6) is 5.75 Å². The summed E-state index contributed by atoms with van der Waals surface area (Å²) in [6, 6.07) is 12.7. The SMILES string of the molecule is COc1ccc(C(=O)Nc2ccncc2)c2c1oc1ccc(Br)cc12. The van der Waals surface area contributed by atoms with Crippen LogP contribution in [0, 0.1) is 0 Å². The van der Waals surface area contributed by atoms with Crippen LogP contribution in [0.4, 0.5) is 5.69 Å². The molecular formula is C19H13BrN2O3. The molecule has 4 rings (SSSR count). The molecule has 0 fully saturated rings. The lowest BCUT2D eigenvalue weighted by atomic mass is 10.0. The topological polar surface area (TPSA) is 64.4 Å². The molecule has 2 aromatic heterocycles. The van der Waals surface area contributed by atoms with Gasteiger partial charge in [-0.1, -0.05) is 15.9 Å². The standard InChI is InChI=1S/C19H13BrN2O3/c1-24-16-5-3-13(19(23)22-12-6-8-21-9-7-12)17-14-10-11(20)2-4-15(14)25-18(16)17/h2-10H,1H3,(H,21,22,23). The van der Waals surface area contributed by atoms with E-state index < -0.39 is 0 Å². The van der Waals surface area contributed by atoms with Gasteiger partial charge in [-0.25, -0.2) is 0 Å². The molecule has 0 saturated carbocycles. The van der Waals surface area contributed by atoms with E-state index in [4.69, 9.17) is 9.15 Å². The molecule has 0 unspecified atom stereocenters. The Bertz CT molecular complexity index is 1090. The van der Waals surface area contributed by atoms with Crippen molar-refractivity contribution in [2.75, 3.05) is 12.4 Å². The van der Waals surface area contributed by atoms with Gasteiger partial charge in [-0.15, -0.1) is 0 Å². The van der Waals surface area contributed by atoms with E-state index in [9.17, 15) is 4.79 Å². The van der Waals surface area contributed by atoms with E-state index >= 15 is 0 Å². The highest BCUT2D eigenvalue weighted by Gasteiger charge is 2.20. The maximum absolute atomic E-state index is 12.8. The van der Waals surface area contributed by atoms with Gasteiger partial charge in [0.1, 0.15) is 5.58 Å². The predicted molar refractivity (Wildman–Crippen MR) is 100 cm³/mol. The van der Waals surface area contributed by atoms with Crippen molar-refractivity contribution in [3.05, 3.63) is 64.9 Å². The second kappa shape index (κ2) is 6.22. The number of amides is 1. The zero-order chi connectivity index (χ0) is 17.4. The molecule has 0 aliphatic carbocycles. The van der Waals surface area contributed by atoms with Gasteiger partial charge in [0.05, 0.1) is 12.7 Å². The number of hydrogen-bond donors (Lipinski definition) is 1. The maximum Gasteiger partial charge on any atom is 0.256 e. The lowest BCUT2D eigenvalue weighted by Gasteiger charge is -2.08. The zero-order valence-electron chi connectivity index (χ0n) is 13.2. The maximum atomic E-state index is 12.8. The van der Waals surface area contributed by atoms with Crippen molar-refractivity contribution in [1.29, 1.82) is 0 Å². The van der Waals surface area contributed by atoms with E-state index in [1.165, 1.54) is 0 Å². The highest BCUT2D eigenvalue weighted by Crippen LogP contribution is 2.38. The van der Waals surface area contributed by atoms with Gasteiger partial charge in [0.15, 0.2) is 11.3 Å². The van der Waals surface area contributed by atoms with Crippen molar-refractivity contribution in [2.24, 2.45) is 0 Å². The highest BCUT2D eigenvalue weighted by atomic mass is 79.9. The predicted octanol–water partition coefficient (Wildman–Crippen LogP) is 5.00. The van der Waals surface area contributed by atoms with Gasteiger partial charge >= 0.3 is 0 Å². The fourth-order valence-electron chi connectivity index (χ4n) is 2.81. The zero-order valence-corrected chi connectivity index (χ0v) is 14.8. The first-order valence-corrected chi connectivity index (χ1v) is 8.37. The Kier molecular flexibility index (Phi) is 3.89. The van der Waals surface area contributed by atoms with Crippen LogP contribution in [0.15, 0.2) is 63.7 Å². The third kappa shape index (κ3) is 2.74. The number of aromatic nitrogens is 1. The Hall–Kier alpha value is -2.86. The number of ether oxygens (including phenoxy) is 1. The molecule has 0 aliphatic heterocycles. The van der Waals surface area contributed by atoms with Gasteiger partial charge in [-0.05, 0) is 42.5 Å². The Morgan fingerprint density at radius 1 is 1.16 bits per heavy atom. The summed E-state index contributed by atoms with van der Waals surface area (Å²) < 4.78 is 12.2. The summed E-state index contributed by atoms with van der Waals surface area (Å²) in [4.78, 5) is 16.8. The van der Waals surface area contributed by atoms with Crippen molar-refractivity contribution in [1.82, 2.24) is 4.98 Å². The lowest BCUT2D eigenvalue weighted by Crippen LogP contribution is -2.12. The van der Waals surface area contributed by atoms with Gasteiger partial charge in [0, 0.05) is 33.3 Å². The molecule has 2 aromatic carbocycles. The summed E-state index contributed by atoms with van der Waals surface area (Å²) in [5, 5.41) is 4.46. The first-order valence-electron chi connectivity index (χ1n) is 7.57. The molecule has 124 valence electrons. The molecule has 5 nitrogen and oxygen atoms in total. The highest BCUT2D eigenvalue weighted by molar-refractivity contribution is 9.10. The molecule has 0 spiro atoms. The number of pyridine rings is 1. The third-order valence-corrected chi connectivity index (χ3v) is 4.44. The number of fused-ring (bicyclic) bond motifs is 3. The first-order chi connectivity index (χ1) is 12.2. The number of halogens is 1. The quantitative estimate of drug-likeness (QED) is 0.528. The Morgan fingerprint density at radius 3 is 2.72 bits per heavy atom. The summed E-state index contributed by atoms with van der Waals surface area (Å²) in [5.74, 6) is 0.365. The molecule has 0 aliphatic rings. The summed E-state index contributed by atoms with van der Waals surface area (Å²) in [5.41, 5.74) is 2.45. The average molecular weight is 397 g/mol. The molecule has 0 radical (unpaired) electrons. The Labute approximate surface area is 151 Å². The smallest absolute Gasteiger partial charge is 0.256 e. The first kappa shape index (κ1) is 15.7. The monoisotopic (exact) mass is 396 g/mol. The van der Waals surface area contributed by atoms with E-state index in [1.54, 1.807) is 43.8 Å². The average Bonchev–Trinajstić information content (AvgIpc) is 3.00. The van der Waals surface area contributed by atoms with Crippen molar-refractivity contribution >= 4 is 49.5 Å². The number of methoxy groups -OCH3 is 1. The second-order valence-electron chi connectivity index (χ2n) is 5.45. The summed E-state index contributed by atoms with van der Waals surface area (Å²) in [6.45, 7) is 0. The van der Waals surface area contributed by atoms with Crippen LogP contribution < -0.4 is 10.1 Å². The van der Waals surface area contributed by atoms with E-state index in [1.807, 2.05) is 18.2 Å². The number of anilines is 1. The molecule has 25 heavy (non-hydrogen) atoms. The fraction of sp³-hybridized carbons (Fsp3) is 0.0526. The number of benzene rings is 2. The van der Waals surface area contributed by atoms with Gasteiger partial charge < -0.3 is 14.5 Å². The molecular weight excluding hydrogens is 384 g/mol. The lowest BCUT2D eigenvalue weighted by molar-refractivity contribution is 0.102. The Morgan fingerprint density at radius 2 is 1.96 bits per heavy atom. The van der Waals surface area contributed by atoms with Crippen molar-refractivity contribution < 1.29 is 13.9 Å². The van der Waals surface area contributed by atoms with Gasteiger partial charge in [-0.2, -0.15) is 0 Å². The number of rotatable bonds is 3. The van der Waals surface area contributed by atoms with Crippen LogP contribution in [0.3, 0.4) is 0 Å². The normalized spacial score (nSPS) is 11.0. The second-order valence-corrected chi connectivity index (χ2v) is 6.37. The van der Waals surface area contributed by atoms with E-state index in [-0.39, 0.29) is 5.91 Å². The summed E-state index contributed by atoms with van der Waals surface area (Å²) >= 11 is 3.47. The van der Waals surface area contributed by atoms with Crippen LogP contribution >= 0.6 is 15.9 Å². The molecule has 0 saturated heterocycles. The van der Waals surface area contributed by atoms with E-state index in [0.717, 1.165) is 15.2 Å². The molecule has 4 aromatic rings. The third-order valence-electron chi connectivity index (χ3n) is 3.95. The number of nitrogens with one attached hydrogen (secondary N) is 1. The van der Waals surface area contributed by atoms with Crippen molar-refractivity contribution in [3.8, 4) is 5.75 Å². The molecule has 6 heteroatoms. The molecule has 1 amide bonds. The number of furan rings is 1. The van der Waals surface area contributed by atoms with Crippen LogP contribution in [-0.4, -0.2) is 18.0 Å². The van der Waals surface area contributed by atoms with Crippen LogP contribution in [0.2, 0.25) is 0 Å². The number of carbonyl (C=O) groups is 1. The number of carbonyl (C=O) groups excluding carboxylic acids is 1. The minimum absolute atomic E-state index is 0.221. The fourth-order valence-corrected chi connectivity index (χ4v) is 3.17. The van der Waals surface area contributed by atoms with Gasteiger partial charge in [-0.3, -0.25) is 9.78 Å². The largest absolute Gasteiger partial charge is 0.493 e. The molecule has 2 heterocycles. The van der Waals surface area contributed by atoms with Crippen molar-refractivity contribution in [3.63, 3.8) is 0 Å². The van der Waals surface area contributed by atoms with Crippen molar-refractivity contribution in [2.45, 2.75) is 0 Å². The van der Waals surface area contributed by atoms with Crippen LogP contribution in [0.25, 0.3) is 21.9 Å². The summed E-state index contributed by atoms with van der Waals surface area (Å²) in [6.07, 6.45) is 3.26.